The molecule has 2 aliphatic rings. The summed E-state index contributed by atoms with van der Waals surface area (Å²) in [5.41, 5.74) is 5.91. The maximum Gasteiger partial charge on any atom is 0.236 e. The Balaban J connectivity index is 1.89. The number of hydrogen-bond acceptors (Lipinski definition) is 3. The van der Waals surface area contributed by atoms with Gasteiger partial charge in [0, 0.05) is 18.6 Å². The summed E-state index contributed by atoms with van der Waals surface area (Å²) in [6.07, 6.45) is 8.57. The van der Waals surface area contributed by atoms with E-state index in [0.29, 0.717) is 30.5 Å². The molecule has 4 nitrogen and oxygen atoms in total. The summed E-state index contributed by atoms with van der Waals surface area (Å²) in [7, 11) is 2.10. The fourth-order valence-electron chi connectivity index (χ4n) is 3.93. The quantitative estimate of drug-likeness (QED) is 0.855. The van der Waals surface area contributed by atoms with Gasteiger partial charge in [-0.1, -0.05) is 12.8 Å². The van der Waals surface area contributed by atoms with Crippen LogP contribution in [0.5, 0.6) is 0 Å². The molecule has 0 aromatic heterocycles. The first-order chi connectivity index (χ1) is 9.63. The van der Waals surface area contributed by atoms with Gasteiger partial charge < -0.3 is 10.6 Å². The third-order valence-electron chi connectivity index (χ3n) is 5.25. The second-order valence-electron chi connectivity index (χ2n) is 6.69. The molecule has 4 heteroatoms. The van der Waals surface area contributed by atoms with Gasteiger partial charge in [-0.25, -0.2) is 0 Å². The fourth-order valence-corrected chi connectivity index (χ4v) is 3.93. The zero-order valence-corrected chi connectivity index (χ0v) is 13.2. The number of rotatable bonds is 4. The lowest BCUT2D eigenvalue weighted by molar-refractivity contribution is -0.136. The molecule has 3 atom stereocenters. The van der Waals surface area contributed by atoms with E-state index >= 15 is 0 Å². The molecule has 2 N–H and O–H groups in total. The molecule has 1 aliphatic carbocycles. The first-order valence-electron chi connectivity index (χ1n) is 8.33. The lowest BCUT2D eigenvalue weighted by Gasteiger charge is -2.39. The fraction of sp³-hybridized carbons (Fsp3) is 0.938. The van der Waals surface area contributed by atoms with E-state index in [-0.39, 0.29) is 0 Å². The molecule has 2 fully saturated rings. The Kier molecular flexibility index (Phi) is 5.85. The molecule has 3 unspecified atom stereocenters. The van der Waals surface area contributed by atoms with Gasteiger partial charge in [-0.05, 0) is 58.5 Å². The van der Waals surface area contributed by atoms with Gasteiger partial charge >= 0.3 is 0 Å². The van der Waals surface area contributed by atoms with Crippen molar-refractivity contribution in [1.29, 1.82) is 0 Å². The minimum Gasteiger partial charge on any atom is -0.339 e. The van der Waals surface area contributed by atoms with Crippen LogP contribution in [-0.2, 0) is 4.79 Å². The smallest absolute Gasteiger partial charge is 0.236 e. The van der Waals surface area contributed by atoms with Crippen LogP contribution in [0.4, 0.5) is 0 Å². The topological polar surface area (TPSA) is 49.6 Å². The molecule has 1 saturated heterocycles. The van der Waals surface area contributed by atoms with Crippen LogP contribution in [0.3, 0.4) is 0 Å². The van der Waals surface area contributed by atoms with E-state index in [0.717, 1.165) is 25.9 Å². The van der Waals surface area contributed by atoms with E-state index in [1.54, 1.807) is 0 Å². The van der Waals surface area contributed by atoms with Crippen molar-refractivity contribution < 1.29 is 4.79 Å². The maximum atomic E-state index is 12.5. The average Bonchev–Trinajstić information content (AvgIpc) is 2.47. The molecule has 0 aromatic carbocycles. The van der Waals surface area contributed by atoms with E-state index in [1.807, 2.05) is 0 Å². The van der Waals surface area contributed by atoms with Crippen molar-refractivity contribution in [1.82, 2.24) is 9.80 Å². The predicted molar refractivity (Wildman–Crippen MR) is 82.5 cm³/mol. The van der Waals surface area contributed by atoms with Crippen LogP contribution >= 0.6 is 0 Å². The first kappa shape index (κ1) is 15.8. The van der Waals surface area contributed by atoms with Gasteiger partial charge in [0.2, 0.25) is 5.91 Å². The highest BCUT2D eigenvalue weighted by atomic mass is 16.2. The Morgan fingerprint density at radius 1 is 1.20 bits per heavy atom. The van der Waals surface area contributed by atoms with Crippen molar-refractivity contribution in [2.45, 2.75) is 64.0 Å². The van der Waals surface area contributed by atoms with E-state index in [1.165, 1.54) is 32.1 Å². The summed E-state index contributed by atoms with van der Waals surface area (Å²) in [5.74, 6) is 0.876. The molecule has 116 valence electrons. The summed E-state index contributed by atoms with van der Waals surface area (Å²) < 4.78 is 0. The largest absolute Gasteiger partial charge is 0.339 e. The summed E-state index contributed by atoms with van der Waals surface area (Å²) in [6.45, 7) is 4.44. The van der Waals surface area contributed by atoms with Crippen LogP contribution in [0, 0.1) is 5.92 Å². The van der Waals surface area contributed by atoms with Gasteiger partial charge in [0.15, 0.2) is 0 Å². The minimum absolute atomic E-state index is 0.307. The van der Waals surface area contributed by atoms with Gasteiger partial charge in [-0.15, -0.1) is 0 Å². The Hall–Kier alpha value is -0.610. The normalized spacial score (nSPS) is 31.6. The molecule has 1 amide bonds. The first-order valence-corrected chi connectivity index (χ1v) is 8.33. The van der Waals surface area contributed by atoms with Crippen molar-refractivity contribution in [3.05, 3.63) is 0 Å². The number of piperidine rings is 1. The number of nitrogens with two attached hydrogens (primary N) is 1. The molecule has 20 heavy (non-hydrogen) atoms. The van der Waals surface area contributed by atoms with Crippen molar-refractivity contribution >= 4 is 5.91 Å². The van der Waals surface area contributed by atoms with Crippen molar-refractivity contribution in [3.8, 4) is 0 Å². The minimum atomic E-state index is 0.307. The highest BCUT2D eigenvalue weighted by Crippen LogP contribution is 2.27. The average molecular weight is 281 g/mol. The Bertz CT molecular complexity index is 321. The lowest BCUT2D eigenvalue weighted by Crippen LogP contribution is -2.50. The number of amides is 1. The van der Waals surface area contributed by atoms with Crippen LogP contribution in [0.25, 0.3) is 0 Å². The molecule has 2 rings (SSSR count). The van der Waals surface area contributed by atoms with Gasteiger partial charge in [-0.2, -0.15) is 0 Å². The maximum absolute atomic E-state index is 12.5. The number of hydrogen-bond donors (Lipinski definition) is 1. The van der Waals surface area contributed by atoms with Gasteiger partial charge in [-0.3, -0.25) is 9.69 Å². The van der Waals surface area contributed by atoms with Crippen molar-refractivity contribution in [2.24, 2.45) is 11.7 Å². The lowest BCUT2D eigenvalue weighted by atomic mass is 9.83. The number of carbonyl (C=O) groups is 1. The number of carbonyl (C=O) groups excluding carboxylic acids is 1. The monoisotopic (exact) mass is 281 g/mol. The Labute approximate surface area is 123 Å². The highest BCUT2D eigenvalue weighted by molar-refractivity contribution is 5.78. The SMILES string of the molecule is CC1CCCCN1C(=O)CN(C)C1CCCCC1CN. The zero-order valence-electron chi connectivity index (χ0n) is 13.2. The Morgan fingerprint density at radius 2 is 1.90 bits per heavy atom. The molecular weight excluding hydrogens is 250 g/mol. The number of likely N-dealkylation sites (tertiary alicyclic amines) is 1. The Morgan fingerprint density at radius 3 is 2.60 bits per heavy atom. The van der Waals surface area contributed by atoms with Crippen molar-refractivity contribution in [2.75, 3.05) is 26.7 Å². The van der Waals surface area contributed by atoms with Gasteiger partial charge in [0.05, 0.1) is 6.54 Å². The summed E-state index contributed by atoms with van der Waals surface area (Å²) in [5, 5.41) is 0. The second kappa shape index (κ2) is 7.41. The number of nitrogens with zero attached hydrogens (tertiary/aromatic N) is 2. The predicted octanol–water partition coefficient (Wildman–Crippen LogP) is 1.84. The summed E-state index contributed by atoms with van der Waals surface area (Å²) >= 11 is 0. The van der Waals surface area contributed by atoms with E-state index in [9.17, 15) is 4.79 Å². The third kappa shape index (κ3) is 3.73. The molecule has 1 aliphatic heterocycles. The standard InChI is InChI=1S/C16H31N3O/c1-13-7-5-6-10-19(13)16(20)12-18(2)15-9-4-3-8-14(15)11-17/h13-15H,3-12,17H2,1-2H3. The molecule has 0 spiro atoms. The van der Waals surface area contributed by atoms with E-state index in [2.05, 4.69) is 23.8 Å². The third-order valence-corrected chi connectivity index (χ3v) is 5.25. The molecule has 1 heterocycles. The van der Waals surface area contributed by atoms with Crippen LogP contribution in [0.2, 0.25) is 0 Å². The van der Waals surface area contributed by atoms with Gasteiger partial charge in [0.25, 0.3) is 0 Å². The van der Waals surface area contributed by atoms with Crippen LogP contribution in [-0.4, -0.2) is 54.5 Å². The van der Waals surface area contributed by atoms with Crippen LogP contribution in [0.1, 0.15) is 51.9 Å². The van der Waals surface area contributed by atoms with Gasteiger partial charge in [0.1, 0.15) is 0 Å². The number of likely N-dealkylation sites (N-methyl/N-ethyl adjacent to an activating group) is 1. The summed E-state index contributed by atoms with van der Waals surface area (Å²) in [4.78, 5) is 16.9. The zero-order chi connectivity index (χ0) is 14.5. The summed E-state index contributed by atoms with van der Waals surface area (Å²) in [6, 6.07) is 0.916. The van der Waals surface area contributed by atoms with Crippen molar-refractivity contribution in [3.63, 3.8) is 0 Å². The second-order valence-corrected chi connectivity index (χ2v) is 6.69. The molecule has 0 bridgehead atoms. The molecule has 1 saturated carbocycles. The molecule has 0 aromatic rings. The molecule has 0 radical (unpaired) electrons. The van der Waals surface area contributed by atoms with Crippen LogP contribution < -0.4 is 5.73 Å². The van der Waals surface area contributed by atoms with Crippen LogP contribution in [0.15, 0.2) is 0 Å². The molecular formula is C16H31N3O. The van der Waals surface area contributed by atoms with E-state index in [4.69, 9.17) is 5.73 Å². The van der Waals surface area contributed by atoms with E-state index < -0.39 is 0 Å². The highest BCUT2D eigenvalue weighted by Gasteiger charge is 2.30.